The van der Waals surface area contributed by atoms with Gasteiger partial charge in [-0.25, -0.2) is 0 Å². The maximum Gasteiger partial charge on any atom is 0.162 e. The number of aromatic nitrogens is 3. The van der Waals surface area contributed by atoms with Crippen molar-refractivity contribution in [3.63, 3.8) is 0 Å². The molecule has 0 amide bonds. The van der Waals surface area contributed by atoms with Gasteiger partial charge in [0, 0.05) is 22.1 Å². The van der Waals surface area contributed by atoms with Crippen LogP contribution in [0.3, 0.4) is 0 Å². The number of hydrogen-bond donors (Lipinski definition) is 0. The number of hydrogen-bond acceptors (Lipinski definition) is 3. The summed E-state index contributed by atoms with van der Waals surface area (Å²) in [5.41, 5.74) is 5.07. The molecule has 27 heavy (non-hydrogen) atoms. The van der Waals surface area contributed by atoms with E-state index in [1.54, 1.807) is 6.33 Å². The Kier molecular flexibility index (Phi) is 4.16. The monoisotopic (exact) mass is 354 g/mol. The lowest BCUT2D eigenvalue weighted by atomic mass is 9.95. The van der Waals surface area contributed by atoms with E-state index in [1.165, 1.54) is 0 Å². The van der Waals surface area contributed by atoms with Gasteiger partial charge in [-0.1, -0.05) is 42.2 Å². The van der Waals surface area contributed by atoms with Crippen molar-refractivity contribution in [1.29, 1.82) is 0 Å². The smallest absolute Gasteiger partial charge is 0.162 e. The molecule has 0 bridgehead atoms. The molecule has 4 nitrogen and oxygen atoms in total. The van der Waals surface area contributed by atoms with Crippen LogP contribution in [0.5, 0.6) is 0 Å². The number of nitrogens with zero attached hydrogens (tertiary/aromatic N) is 4. The van der Waals surface area contributed by atoms with Crippen molar-refractivity contribution in [2.24, 2.45) is 10.4 Å². The average molecular weight is 354 g/mol. The minimum Gasteiger partial charge on any atom is -0.283 e. The molecule has 0 saturated carbocycles. The molecule has 4 rings (SSSR count). The second-order valence-electron chi connectivity index (χ2n) is 7.81. The van der Waals surface area contributed by atoms with Gasteiger partial charge in [0.15, 0.2) is 5.82 Å². The molecule has 1 aromatic heterocycles. The first-order valence-corrected chi connectivity index (χ1v) is 9.13. The van der Waals surface area contributed by atoms with Gasteiger partial charge in [-0.05, 0) is 45.9 Å². The summed E-state index contributed by atoms with van der Waals surface area (Å²) in [6.45, 7) is 8.40. The third-order valence-electron chi connectivity index (χ3n) is 4.41. The van der Waals surface area contributed by atoms with E-state index in [4.69, 9.17) is 4.99 Å². The van der Waals surface area contributed by atoms with Crippen molar-refractivity contribution >= 4 is 5.71 Å². The molecule has 0 spiro atoms. The molecule has 0 saturated heterocycles. The van der Waals surface area contributed by atoms with Gasteiger partial charge < -0.3 is 0 Å². The maximum atomic E-state index is 5.00. The van der Waals surface area contributed by atoms with E-state index >= 15 is 0 Å². The number of fused-ring (bicyclic) bond motifs is 3. The highest BCUT2D eigenvalue weighted by molar-refractivity contribution is 6.15. The third kappa shape index (κ3) is 3.41. The van der Waals surface area contributed by atoms with Gasteiger partial charge >= 0.3 is 0 Å². The largest absolute Gasteiger partial charge is 0.283 e. The van der Waals surface area contributed by atoms with Crippen LogP contribution in [-0.2, 0) is 0 Å². The van der Waals surface area contributed by atoms with Gasteiger partial charge in [0.2, 0.25) is 0 Å². The lowest BCUT2D eigenvalue weighted by molar-refractivity contribution is 0.571. The molecule has 1 unspecified atom stereocenters. The fraction of sp³-hybridized carbons (Fsp3) is 0.261. The van der Waals surface area contributed by atoms with Gasteiger partial charge in [0.25, 0.3) is 0 Å². The predicted molar refractivity (Wildman–Crippen MR) is 108 cm³/mol. The fourth-order valence-electron chi connectivity index (χ4n) is 3.13. The summed E-state index contributed by atoms with van der Waals surface area (Å²) in [4.78, 5) is 5.00. The lowest BCUT2D eigenvalue weighted by Gasteiger charge is -2.12. The molecule has 2 aromatic carbocycles. The molecule has 2 heterocycles. The Morgan fingerprint density at radius 1 is 1.04 bits per heavy atom. The first-order chi connectivity index (χ1) is 12.9. The van der Waals surface area contributed by atoms with Gasteiger partial charge in [0.1, 0.15) is 12.4 Å². The fourth-order valence-corrected chi connectivity index (χ4v) is 3.13. The van der Waals surface area contributed by atoms with E-state index in [2.05, 4.69) is 80.1 Å². The van der Waals surface area contributed by atoms with E-state index in [0.717, 1.165) is 33.9 Å². The van der Waals surface area contributed by atoms with Gasteiger partial charge in [-0.2, -0.15) is 0 Å². The summed E-state index contributed by atoms with van der Waals surface area (Å²) in [5, 5.41) is 8.39. The highest BCUT2D eigenvalue weighted by Crippen LogP contribution is 2.29. The van der Waals surface area contributed by atoms with Crippen molar-refractivity contribution in [2.45, 2.75) is 33.7 Å². The Bertz CT molecular complexity index is 1070. The molecular formula is C23H22N4. The number of aliphatic imine (C=N–C) groups is 1. The van der Waals surface area contributed by atoms with E-state index in [9.17, 15) is 0 Å². The molecule has 1 atom stereocenters. The highest BCUT2D eigenvalue weighted by Gasteiger charge is 2.24. The minimum absolute atomic E-state index is 0.0426. The van der Waals surface area contributed by atoms with Crippen LogP contribution in [0.15, 0.2) is 59.9 Å². The zero-order valence-electron chi connectivity index (χ0n) is 16.1. The zero-order chi connectivity index (χ0) is 19.0. The molecule has 4 heteroatoms. The topological polar surface area (TPSA) is 43.1 Å². The lowest BCUT2D eigenvalue weighted by Crippen LogP contribution is -2.07. The molecule has 0 aliphatic carbocycles. The van der Waals surface area contributed by atoms with Crippen molar-refractivity contribution in [3.8, 4) is 17.5 Å². The van der Waals surface area contributed by atoms with Crippen molar-refractivity contribution in [2.75, 3.05) is 0 Å². The second kappa shape index (κ2) is 6.51. The van der Waals surface area contributed by atoms with Gasteiger partial charge in [0.05, 0.1) is 11.4 Å². The summed E-state index contributed by atoms with van der Waals surface area (Å²) < 4.78 is 2.03. The summed E-state index contributed by atoms with van der Waals surface area (Å²) in [6, 6.07) is 16.5. The van der Waals surface area contributed by atoms with E-state index in [0.29, 0.717) is 0 Å². The van der Waals surface area contributed by atoms with Crippen LogP contribution in [0.25, 0.3) is 5.69 Å². The average Bonchev–Trinajstić information content (AvgIpc) is 3.10. The van der Waals surface area contributed by atoms with Crippen LogP contribution in [0.4, 0.5) is 0 Å². The van der Waals surface area contributed by atoms with Gasteiger partial charge in [-0.15, -0.1) is 10.2 Å². The van der Waals surface area contributed by atoms with Crippen LogP contribution < -0.4 is 0 Å². The molecular weight excluding hydrogens is 332 g/mol. The Balaban J connectivity index is 1.95. The molecule has 3 aromatic rings. The normalized spacial score (nSPS) is 15.7. The van der Waals surface area contributed by atoms with Crippen molar-refractivity contribution < 1.29 is 0 Å². The summed E-state index contributed by atoms with van der Waals surface area (Å²) in [7, 11) is 0. The molecule has 0 radical (unpaired) electrons. The van der Waals surface area contributed by atoms with Crippen LogP contribution in [-0.4, -0.2) is 20.5 Å². The summed E-state index contributed by atoms with van der Waals surface area (Å²) in [6.07, 6.45) is 1.76. The van der Waals surface area contributed by atoms with Gasteiger partial charge in [-0.3, -0.25) is 9.56 Å². The molecule has 134 valence electrons. The SMILES string of the molecule is CC1N=C(c2ccccc2)c2cc(C#CC(C)(C)C)ccc2-n2cnnc21. The Hall–Kier alpha value is -3.19. The quantitative estimate of drug-likeness (QED) is 0.601. The zero-order valence-corrected chi connectivity index (χ0v) is 16.1. The first kappa shape index (κ1) is 17.2. The Morgan fingerprint density at radius 3 is 2.56 bits per heavy atom. The van der Waals surface area contributed by atoms with E-state index in [1.807, 2.05) is 22.8 Å². The Morgan fingerprint density at radius 2 is 1.81 bits per heavy atom. The van der Waals surface area contributed by atoms with E-state index < -0.39 is 0 Å². The molecule has 1 aliphatic heterocycles. The van der Waals surface area contributed by atoms with Crippen LogP contribution >= 0.6 is 0 Å². The first-order valence-electron chi connectivity index (χ1n) is 9.13. The number of rotatable bonds is 1. The third-order valence-corrected chi connectivity index (χ3v) is 4.41. The highest BCUT2D eigenvalue weighted by atomic mass is 15.3. The predicted octanol–water partition coefficient (Wildman–Crippen LogP) is 4.58. The van der Waals surface area contributed by atoms with Crippen molar-refractivity contribution in [1.82, 2.24) is 14.8 Å². The Labute approximate surface area is 160 Å². The molecule has 0 fully saturated rings. The van der Waals surface area contributed by atoms with Crippen molar-refractivity contribution in [3.05, 3.63) is 77.4 Å². The van der Waals surface area contributed by atoms with Crippen LogP contribution in [0, 0.1) is 17.3 Å². The van der Waals surface area contributed by atoms with Crippen LogP contribution in [0.1, 0.15) is 56.3 Å². The summed E-state index contributed by atoms with van der Waals surface area (Å²) >= 11 is 0. The summed E-state index contributed by atoms with van der Waals surface area (Å²) in [5.74, 6) is 7.47. The standard InChI is InChI=1S/C23H22N4/c1-16-22-26-24-15-27(22)20-11-10-17(12-13-23(2,3)4)14-19(20)21(25-16)18-8-6-5-7-9-18/h5-11,14-16H,1-4H3. The second-order valence-corrected chi connectivity index (χ2v) is 7.81. The molecule has 1 aliphatic rings. The van der Waals surface area contributed by atoms with Crippen LogP contribution in [0.2, 0.25) is 0 Å². The molecule has 0 N–H and O–H groups in total. The van der Waals surface area contributed by atoms with E-state index in [-0.39, 0.29) is 11.5 Å². The number of benzene rings is 2. The maximum absolute atomic E-state index is 5.00. The minimum atomic E-state index is -0.0841.